The molecule has 1 heterocycles. The van der Waals surface area contributed by atoms with Crippen LogP contribution in [0.5, 0.6) is 17.2 Å². The molecular formula is C16H14N2O6. The van der Waals surface area contributed by atoms with Gasteiger partial charge in [0.2, 0.25) is 12.7 Å². The van der Waals surface area contributed by atoms with Gasteiger partial charge in [-0.15, -0.1) is 0 Å². The first-order valence-corrected chi connectivity index (χ1v) is 7.07. The molecule has 0 atom stereocenters. The summed E-state index contributed by atoms with van der Waals surface area (Å²) in [6.07, 6.45) is 0.122. The first-order chi connectivity index (χ1) is 11.6. The second kappa shape index (κ2) is 6.45. The second-order valence-electron chi connectivity index (χ2n) is 5.05. The monoisotopic (exact) mass is 330 g/mol. The average Bonchev–Trinajstić information content (AvgIpc) is 3.02. The number of fused-ring (bicyclic) bond motifs is 1. The number of ether oxygens (including phenoxy) is 3. The first kappa shape index (κ1) is 15.6. The largest absolute Gasteiger partial charge is 0.494 e. The molecule has 2 aromatic rings. The van der Waals surface area contributed by atoms with Gasteiger partial charge in [-0.3, -0.25) is 14.9 Å². The van der Waals surface area contributed by atoms with Crippen molar-refractivity contribution in [2.75, 3.05) is 19.2 Å². The van der Waals surface area contributed by atoms with Crippen LogP contribution < -0.4 is 19.5 Å². The highest BCUT2D eigenvalue weighted by Crippen LogP contribution is 2.33. The van der Waals surface area contributed by atoms with Gasteiger partial charge in [0.25, 0.3) is 5.69 Å². The van der Waals surface area contributed by atoms with Crippen LogP contribution in [0.25, 0.3) is 0 Å². The van der Waals surface area contributed by atoms with Crippen LogP contribution in [0.4, 0.5) is 11.4 Å². The summed E-state index contributed by atoms with van der Waals surface area (Å²) in [6, 6.07) is 9.27. The van der Waals surface area contributed by atoms with Crippen molar-refractivity contribution >= 4 is 17.3 Å². The summed E-state index contributed by atoms with van der Waals surface area (Å²) in [7, 11) is 1.38. The molecule has 1 aliphatic heterocycles. The van der Waals surface area contributed by atoms with E-state index in [0.29, 0.717) is 17.2 Å². The molecule has 3 rings (SSSR count). The molecule has 8 nitrogen and oxygen atoms in total. The highest BCUT2D eigenvalue weighted by atomic mass is 16.7. The fraction of sp³-hybridized carbons (Fsp3) is 0.188. The van der Waals surface area contributed by atoms with E-state index >= 15 is 0 Å². The molecule has 2 aromatic carbocycles. The molecule has 0 aliphatic carbocycles. The molecule has 0 saturated heterocycles. The number of nitro groups is 1. The zero-order valence-electron chi connectivity index (χ0n) is 12.8. The maximum absolute atomic E-state index is 12.2. The number of anilines is 1. The minimum atomic E-state index is -0.527. The highest BCUT2D eigenvalue weighted by Gasteiger charge is 2.16. The van der Waals surface area contributed by atoms with Crippen LogP contribution in [-0.4, -0.2) is 24.7 Å². The van der Waals surface area contributed by atoms with E-state index < -0.39 is 4.92 Å². The second-order valence-corrected chi connectivity index (χ2v) is 5.05. The van der Waals surface area contributed by atoms with Crippen molar-refractivity contribution in [3.8, 4) is 17.2 Å². The van der Waals surface area contributed by atoms with Crippen molar-refractivity contribution in [3.63, 3.8) is 0 Å². The Morgan fingerprint density at radius 3 is 2.79 bits per heavy atom. The lowest BCUT2D eigenvalue weighted by molar-refractivity contribution is -0.384. The van der Waals surface area contributed by atoms with E-state index in [-0.39, 0.29) is 30.6 Å². The number of amides is 1. The molecule has 8 heteroatoms. The Labute approximate surface area is 137 Å². The van der Waals surface area contributed by atoms with E-state index in [2.05, 4.69) is 5.32 Å². The molecule has 1 aliphatic rings. The third kappa shape index (κ3) is 3.22. The van der Waals surface area contributed by atoms with E-state index in [0.717, 1.165) is 5.56 Å². The molecule has 24 heavy (non-hydrogen) atoms. The van der Waals surface area contributed by atoms with Gasteiger partial charge in [-0.25, -0.2) is 0 Å². The summed E-state index contributed by atoms with van der Waals surface area (Å²) in [5.41, 5.74) is 1.02. The third-order valence-corrected chi connectivity index (χ3v) is 3.47. The quantitative estimate of drug-likeness (QED) is 0.668. The summed E-state index contributed by atoms with van der Waals surface area (Å²) >= 11 is 0. The van der Waals surface area contributed by atoms with E-state index in [1.54, 1.807) is 18.2 Å². The molecule has 0 spiro atoms. The van der Waals surface area contributed by atoms with Crippen LogP contribution in [-0.2, 0) is 11.2 Å². The number of hydrogen-bond acceptors (Lipinski definition) is 6. The zero-order valence-corrected chi connectivity index (χ0v) is 12.8. The summed E-state index contributed by atoms with van der Waals surface area (Å²) in [5, 5.41) is 13.5. The van der Waals surface area contributed by atoms with Gasteiger partial charge in [0.1, 0.15) is 5.75 Å². The number of rotatable bonds is 5. The number of non-ortho nitro benzene ring substituents is 1. The van der Waals surface area contributed by atoms with Crippen LogP contribution in [0, 0.1) is 10.1 Å². The molecule has 1 amide bonds. The molecule has 0 saturated carbocycles. The van der Waals surface area contributed by atoms with Gasteiger partial charge in [-0.1, -0.05) is 6.07 Å². The highest BCUT2D eigenvalue weighted by molar-refractivity contribution is 5.94. The predicted molar refractivity (Wildman–Crippen MR) is 84.5 cm³/mol. The van der Waals surface area contributed by atoms with Crippen LogP contribution in [0.15, 0.2) is 36.4 Å². The minimum absolute atomic E-state index is 0.111. The van der Waals surface area contributed by atoms with E-state index in [1.807, 2.05) is 0 Å². The molecule has 0 fully saturated rings. The number of carbonyl (C=O) groups is 1. The number of nitro benzene ring substituents is 1. The van der Waals surface area contributed by atoms with Crippen LogP contribution in [0.2, 0.25) is 0 Å². The summed E-state index contributed by atoms with van der Waals surface area (Å²) in [6.45, 7) is 0.172. The van der Waals surface area contributed by atoms with Gasteiger partial charge in [0.15, 0.2) is 11.5 Å². The van der Waals surface area contributed by atoms with E-state index in [4.69, 9.17) is 14.2 Å². The molecule has 124 valence electrons. The van der Waals surface area contributed by atoms with Gasteiger partial charge in [0.05, 0.1) is 30.2 Å². The number of benzene rings is 2. The Kier molecular flexibility index (Phi) is 4.19. The van der Waals surface area contributed by atoms with Gasteiger partial charge in [-0.2, -0.15) is 0 Å². The Balaban J connectivity index is 1.71. The molecule has 1 N–H and O–H groups in total. The lowest BCUT2D eigenvalue weighted by Gasteiger charge is -2.10. The van der Waals surface area contributed by atoms with E-state index in [1.165, 1.54) is 25.3 Å². The minimum Gasteiger partial charge on any atom is -0.494 e. The van der Waals surface area contributed by atoms with Crippen molar-refractivity contribution in [1.82, 2.24) is 0 Å². The topological polar surface area (TPSA) is 99.9 Å². The van der Waals surface area contributed by atoms with Crippen molar-refractivity contribution in [1.29, 1.82) is 0 Å². The maximum Gasteiger partial charge on any atom is 0.273 e. The molecule has 0 unspecified atom stereocenters. The van der Waals surface area contributed by atoms with Crippen molar-refractivity contribution < 1.29 is 23.9 Å². The average molecular weight is 330 g/mol. The Morgan fingerprint density at radius 2 is 2.04 bits per heavy atom. The molecule has 0 aromatic heterocycles. The third-order valence-electron chi connectivity index (χ3n) is 3.47. The lowest BCUT2D eigenvalue weighted by Crippen LogP contribution is -2.15. The van der Waals surface area contributed by atoms with E-state index in [9.17, 15) is 14.9 Å². The zero-order chi connectivity index (χ0) is 17.1. The van der Waals surface area contributed by atoms with Crippen LogP contribution in [0.3, 0.4) is 0 Å². The van der Waals surface area contributed by atoms with Crippen LogP contribution >= 0.6 is 0 Å². The smallest absolute Gasteiger partial charge is 0.273 e. The summed E-state index contributed by atoms with van der Waals surface area (Å²) in [4.78, 5) is 22.4. The summed E-state index contributed by atoms with van der Waals surface area (Å²) < 4.78 is 15.6. The van der Waals surface area contributed by atoms with Gasteiger partial charge in [0, 0.05) is 6.07 Å². The fourth-order valence-electron chi connectivity index (χ4n) is 2.33. The molecule has 0 bridgehead atoms. The standard InChI is InChI=1S/C16H14N2O6/c1-22-14-8-11(18(20)21)3-4-12(14)17-16(19)7-10-2-5-13-15(6-10)24-9-23-13/h2-6,8H,7,9H2,1H3,(H,17,19). The van der Waals surface area contributed by atoms with Crippen molar-refractivity contribution in [2.45, 2.75) is 6.42 Å². The van der Waals surface area contributed by atoms with Gasteiger partial charge < -0.3 is 19.5 Å². The lowest BCUT2D eigenvalue weighted by atomic mass is 10.1. The predicted octanol–water partition coefficient (Wildman–Crippen LogP) is 2.51. The Morgan fingerprint density at radius 1 is 1.25 bits per heavy atom. The normalized spacial score (nSPS) is 11.9. The summed E-state index contributed by atoms with van der Waals surface area (Å²) in [5.74, 6) is 1.20. The van der Waals surface area contributed by atoms with Crippen LogP contribution in [0.1, 0.15) is 5.56 Å². The Hall–Kier alpha value is -3.29. The molecular weight excluding hydrogens is 316 g/mol. The number of methoxy groups -OCH3 is 1. The first-order valence-electron chi connectivity index (χ1n) is 7.07. The number of carbonyl (C=O) groups excluding carboxylic acids is 1. The maximum atomic E-state index is 12.2. The van der Waals surface area contributed by atoms with Crippen molar-refractivity contribution in [3.05, 3.63) is 52.1 Å². The van der Waals surface area contributed by atoms with Gasteiger partial charge in [-0.05, 0) is 23.8 Å². The number of nitrogens with zero attached hydrogens (tertiary/aromatic N) is 1. The Bertz CT molecular complexity index is 805. The fourth-order valence-corrected chi connectivity index (χ4v) is 2.33. The number of nitrogens with one attached hydrogen (secondary N) is 1. The van der Waals surface area contributed by atoms with Crippen molar-refractivity contribution in [2.24, 2.45) is 0 Å². The van der Waals surface area contributed by atoms with Gasteiger partial charge >= 0.3 is 0 Å². The number of hydrogen-bond donors (Lipinski definition) is 1. The SMILES string of the molecule is COc1cc([N+](=O)[O-])ccc1NC(=O)Cc1ccc2c(c1)OCO2. The molecule has 0 radical (unpaired) electrons.